The van der Waals surface area contributed by atoms with Crippen molar-refractivity contribution in [2.45, 2.75) is 13.5 Å². The van der Waals surface area contributed by atoms with Gasteiger partial charge < -0.3 is 9.88 Å². The van der Waals surface area contributed by atoms with Gasteiger partial charge in [0.15, 0.2) is 0 Å². The number of aromatic nitrogens is 1. The van der Waals surface area contributed by atoms with Gasteiger partial charge in [-0.25, -0.2) is 0 Å². The molecule has 0 amide bonds. The SMILES string of the molecule is Cc1cc2c([nH]1)CN(c1ccccc1)C=C2Cl. The van der Waals surface area contributed by atoms with Crippen LogP contribution in [-0.2, 0) is 6.54 Å². The molecule has 1 aromatic heterocycles. The van der Waals surface area contributed by atoms with E-state index in [0.717, 1.165) is 28.5 Å². The second-order valence-electron chi connectivity index (χ2n) is 4.29. The van der Waals surface area contributed by atoms with Gasteiger partial charge >= 0.3 is 0 Å². The average Bonchev–Trinajstić information content (AvgIpc) is 2.71. The Morgan fingerprint density at radius 2 is 2.00 bits per heavy atom. The van der Waals surface area contributed by atoms with E-state index in [1.807, 2.05) is 24.4 Å². The zero-order valence-corrected chi connectivity index (χ0v) is 10.3. The molecular formula is C14H13ClN2. The number of nitrogens with one attached hydrogen (secondary N) is 1. The van der Waals surface area contributed by atoms with Gasteiger partial charge in [-0.05, 0) is 25.1 Å². The third-order valence-electron chi connectivity index (χ3n) is 2.98. The van der Waals surface area contributed by atoms with Crippen LogP contribution < -0.4 is 4.90 Å². The van der Waals surface area contributed by atoms with Crippen LogP contribution in [-0.4, -0.2) is 4.98 Å². The molecule has 2 heterocycles. The molecule has 0 unspecified atom stereocenters. The first kappa shape index (κ1) is 10.5. The molecule has 1 aliphatic heterocycles. The van der Waals surface area contributed by atoms with E-state index >= 15 is 0 Å². The predicted octanol–water partition coefficient (Wildman–Crippen LogP) is 3.88. The van der Waals surface area contributed by atoms with Crippen molar-refractivity contribution >= 4 is 22.3 Å². The summed E-state index contributed by atoms with van der Waals surface area (Å²) in [6.45, 7) is 2.89. The third kappa shape index (κ3) is 1.85. The van der Waals surface area contributed by atoms with Gasteiger partial charge in [0.05, 0.1) is 11.6 Å². The van der Waals surface area contributed by atoms with Gasteiger partial charge in [-0.15, -0.1) is 0 Å². The molecular weight excluding hydrogens is 232 g/mol. The van der Waals surface area contributed by atoms with Crippen molar-refractivity contribution in [1.29, 1.82) is 0 Å². The van der Waals surface area contributed by atoms with Gasteiger partial charge in [-0.3, -0.25) is 0 Å². The van der Waals surface area contributed by atoms with Gasteiger partial charge in [0.25, 0.3) is 0 Å². The highest BCUT2D eigenvalue weighted by molar-refractivity contribution is 6.49. The van der Waals surface area contributed by atoms with Crippen molar-refractivity contribution in [2.24, 2.45) is 0 Å². The van der Waals surface area contributed by atoms with E-state index in [1.165, 1.54) is 5.69 Å². The molecule has 0 radical (unpaired) electrons. The van der Waals surface area contributed by atoms with E-state index in [-0.39, 0.29) is 0 Å². The van der Waals surface area contributed by atoms with Crippen molar-refractivity contribution in [3.05, 3.63) is 59.5 Å². The maximum Gasteiger partial charge on any atom is 0.0659 e. The van der Waals surface area contributed by atoms with Crippen LogP contribution >= 0.6 is 11.6 Å². The number of hydrogen-bond donors (Lipinski definition) is 1. The van der Waals surface area contributed by atoms with Crippen LogP contribution in [0.2, 0.25) is 0 Å². The Labute approximate surface area is 106 Å². The number of halogens is 1. The molecule has 0 spiro atoms. The number of aryl methyl sites for hydroxylation is 1. The summed E-state index contributed by atoms with van der Waals surface area (Å²) >= 11 is 6.30. The topological polar surface area (TPSA) is 19.0 Å². The van der Waals surface area contributed by atoms with Crippen LogP contribution in [0.15, 0.2) is 42.6 Å². The highest BCUT2D eigenvalue weighted by Crippen LogP contribution is 2.32. The number of benzene rings is 1. The summed E-state index contributed by atoms with van der Waals surface area (Å²) in [6, 6.07) is 12.3. The van der Waals surface area contributed by atoms with Gasteiger partial charge in [-0.1, -0.05) is 29.8 Å². The fourth-order valence-corrected chi connectivity index (χ4v) is 2.48. The van der Waals surface area contributed by atoms with Crippen LogP contribution in [0.4, 0.5) is 5.69 Å². The number of nitrogens with zero attached hydrogens (tertiary/aromatic N) is 1. The second kappa shape index (κ2) is 3.97. The summed E-state index contributed by atoms with van der Waals surface area (Å²) in [6.07, 6.45) is 1.99. The minimum atomic E-state index is 0.791. The molecule has 86 valence electrons. The zero-order valence-electron chi connectivity index (χ0n) is 9.57. The Morgan fingerprint density at radius 3 is 2.76 bits per heavy atom. The predicted molar refractivity (Wildman–Crippen MR) is 72.0 cm³/mol. The Kier molecular flexibility index (Phi) is 2.45. The number of anilines is 1. The monoisotopic (exact) mass is 244 g/mol. The minimum Gasteiger partial charge on any atom is -0.360 e. The van der Waals surface area contributed by atoms with Gasteiger partial charge in [0, 0.05) is 28.8 Å². The van der Waals surface area contributed by atoms with Gasteiger partial charge in [0.1, 0.15) is 0 Å². The normalized spacial score (nSPS) is 14.5. The molecule has 0 fully saturated rings. The number of aromatic amines is 1. The Balaban J connectivity index is 2.01. The third-order valence-corrected chi connectivity index (χ3v) is 3.28. The molecule has 1 N–H and O–H groups in total. The van der Waals surface area contributed by atoms with Crippen LogP contribution in [0.1, 0.15) is 17.0 Å². The molecule has 0 aliphatic carbocycles. The lowest BCUT2D eigenvalue weighted by Gasteiger charge is -2.25. The molecule has 1 aliphatic rings. The standard InChI is InChI=1S/C14H13ClN2/c1-10-7-12-13(15)8-17(9-14(12)16-10)11-5-3-2-4-6-11/h2-8,16H,9H2,1H3. The summed E-state index contributed by atoms with van der Waals surface area (Å²) in [7, 11) is 0. The van der Waals surface area contributed by atoms with E-state index in [0.29, 0.717) is 0 Å². The van der Waals surface area contributed by atoms with E-state index in [4.69, 9.17) is 11.6 Å². The Hall–Kier alpha value is -1.67. The molecule has 17 heavy (non-hydrogen) atoms. The highest BCUT2D eigenvalue weighted by atomic mass is 35.5. The maximum atomic E-state index is 6.30. The first-order valence-electron chi connectivity index (χ1n) is 5.62. The van der Waals surface area contributed by atoms with E-state index < -0.39 is 0 Å². The van der Waals surface area contributed by atoms with Gasteiger partial charge in [0.2, 0.25) is 0 Å². The molecule has 2 nitrogen and oxygen atoms in total. The summed E-state index contributed by atoms with van der Waals surface area (Å²) in [5.74, 6) is 0. The van der Waals surface area contributed by atoms with Crippen LogP contribution in [0.25, 0.3) is 5.03 Å². The fraction of sp³-hybridized carbons (Fsp3) is 0.143. The molecule has 0 bridgehead atoms. The van der Waals surface area contributed by atoms with Crippen molar-refractivity contribution in [3.8, 4) is 0 Å². The van der Waals surface area contributed by atoms with Crippen LogP contribution in [0.3, 0.4) is 0 Å². The van der Waals surface area contributed by atoms with E-state index in [9.17, 15) is 0 Å². The van der Waals surface area contributed by atoms with Crippen molar-refractivity contribution in [1.82, 2.24) is 4.98 Å². The number of rotatable bonds is 1. The molecule has 3 heteroatoms. The Morgan fingerprint density at radius 1 is 1.24 bits per heavy atom. The summed E-state index contributed by atoms with van der Waals surface area (Å²) < 4.78 is 0. The number of hydrogen-bond acceptors (Lipinski definition) is 1. The molecule has 0 saturated heterocycles. The first-order chi connectivity index (χ1) is 8.24. The van der Waals surface area contributed by atoms with Crippen molar-refractivity contribution < 1.29 is 0 Å². The van der Waals surface area contributed by atoms with E-state index in [1.54, 1.807) is 0 Å². The van der Waals surface area contributed by atoms with Crippen molar-refractivity contribution in [2.75, 3.05) is 4.90 Å². The lowest BCUT2D eigenvalue weighted by Crippen LogP contribution is -2.19. The lowest BCUT2D eigenvalue weighted by atomic mass is 10.1. The van der Waals surface area contributed by atoms with E-state index in [2.05, 4.69) is 35.0 Å². The summed E-state index contributed by atoms with van der Waals surface area (Å²) in [5.41, 5.74) is 4.61. The molecule has 1 aromatic carbocycles. The largest absolute Gasteiger partial charge is 0.360 e. The first-order valence-corrected chi connectivity index (χ1v) is 6.00. The summed E-state index contributed by atoms with van der Waals surface area (Å²) in [5, 5.41) is 0.791. The fourth-order valence-electron chi connectivity index (χ4n) is 2.19. The van der Waals surface area contributed by atoms with Crippen LogP contribution in [0, 0.1) is 6.92 Å². The molecule has 3 rings (SSSR count). The number of H-pyrrole nitrogens is 1. The minimum absolute atomic E-state index is 0.791. The number of para-hydroxylation sites is 1. The molecule has 0 saturated carbocycles. The lowest BCUT2D eigenvalue weighted by molar-refractivity contribution is 0.913. The maximum absolute atomic E-state index is 6.30. The zero-order chi connectivity index (χ0) is 11.8. The second-order valence-corrected chi connectivity index (χ2v) is 4.69. The van der Waals surface area contributed by atoms with Crippen molar-refractivity contribution in [3.63, 3.8) is 0 Å². The van der Waals surface area contributed by atoms with Crippen LogP contribution in [0.5, 0.6) is 0 Å². The summed E-state index contributed by atoms with van der Waals surface area (Å²) in [4.78, 5) is 5.51. The molecule has 0 atom stereocenters. The average molecular weight is 245 g/mol. The smallest absolute Gasteiger partial charge is 0.0659 e. The highest BCUT2D eigenvalue weighted by Gasteiger charge is 2.18. The Bertz CT molecular complexity index is 569. The molecule has 2 aromatic rings. The number of fused-ring (bicyclic) bond motifs is 1. The quantitative estimate of drug-likeness (QED) is 0.807. The van der Waals surface area contributed by atoms with Gasteiger partial charge in [-0.2, -0.15) is 0 Å².